The number of anilines is 1. The van der Waals surface area contributed by atoms with Gasteiger partial charge in [-0.1, -0.05) is 0 Å². The molecule has 0 aliphatic carbocycles. The molecule has 0 aliphatic rings. The number of benzene rings is 1. The molecule has 1 aromatic heterocycles. The van der Waals surface area contributed by atoms with E-state index in [9.17, 15) is 4.79 Å². The fraction of sp³-hybridized carbons (Fsp3) is 0. The second-order valence-electron chi connectivity index (χ2n) is 2.83. The third-order valence-electron chi connectivity index (χ3n) is 1.91. The first-order chi connectivity index (χ1) is 6.59. The van der Waals surface area contributed by atoms with Crippen molar-refractivity contribution in [3.63, 3.8) is 0 Å². The molecule has 0 atom stereocenters. The van der Waals surface area contributed by atoms with Crippen molar-refractivity contribution >= 4 is 45.7 Å². The number of thiol groups is 1. The number of carbonyl (C=O) groups is 1. The van der Waals surface area contributed by atoms with Crippen molar-refractivity contribution in [2.45, 2.75) is 4.90 Å². The Morgan fingerprint density at radius 3 is 2.86 bits per heavy atom. The van der Waals surface area contributed by atoms with E-state index in [0.29, 0.717) is 15.5 Å². The summed E-state index contributed by atoms with van der Waals surface area (Å²) in [5.74, 6) is -0.919. The summed E-state index contributed by atoms with van der Waals surface area (Å²) in [6.07, 6.45) is 0. The Kier molecular flexibility index (Phi) is 2.13. The zero-order valence-electron chi connectivity index (χ0n) is 7.02. The fourth-order valence-electron chi connectivity index (χ4n) is 1.22. The molecule has 14 heavy (non-hydrogen) atoms. The van der Waals surface area contributed by atoms with E-state index in [2.05, 4.69) is 12.6 Å². The largest absolute Gasteiger partial charge is 0.477 e. The molecular formula is C9H7NO2S2. The Bertz CT molecular complexity index is 519. The second kappa shape index (κ2) is 3.18. The summed E-state index contributed by atoms with van der Waals surface area (Å²) >= 11 is 5.46. The van der Waals surface area contributed by atoms with Gasteiger partial charge in [-0.05, 0) is 18.2 Å². The van der Waals surface area contributed by atoms with Gasteiger partial charge in [-0.2, -0.15) is 0 Å². The van der Waals surface area contributed by atoms with Gasteiger partial charge < -0.3 is 10.8 Å². The van der Waals surface area contributed by atoms with Crippen LogP contribution in [0.1, 0.15) is 9.67 Å². The molecule has 0 fully saturated rings. The summed E-state index contributed by atoms with van der Waals surface area (Å²) in [6, 6.07) is 5.13. The van der Waals surface area contributed by atoms with E-state index in [4.69, 9.17) is 10.8 Å². The van der Waals surface area contributed by atoms with Crippen LogP contribution in [0.3, 0.4) is 0 Å². The fourth-order valence-corrected chi connectivity index (χ4v) is 2.46. The first-order valence-electron chi connectivity index (χ1n) is 3.84. The quantitative estimate of drug-likeness (QED) is 0.516. The van der Waals surface area contributed by atoms with Crippen LogP contribution in [0.4, 0.5) is 5.69 Å². The van der Waals surface area contributed by atoms with Crippen molar-refractivity contribution in [1.82, 2.24) is 0 Å². The molecule has 0 radical (unpaired) electrons. The predicted molar refractivity (Wildman–Crippen MR) is 60.4 cm³/mol. The first-order valence-corrected chi connectivity index (χ1v) is 5.10. The first kappa shape index (κ1) is 9.36. The summed E-state index contributed by atoms with van der Waals surface area (Å²) in [5, 5.41) is 9.60. The zero-order valence-corrected chi connectivity index (χ0v) is 8.73. The molecule has 1 heterocycles. The summed E-state index contributed by atoms with van der Waals surface area (Å²) in [6.45, 7) is 0. The van der Waals surface area contributed by atoms with Crippen LogP contribution in [-0.4, -0.2) is 11.1 Å². The summed E-state index contributed by atoms with van der Waals surface area (Å²) in [4.78, 5) is 11.7. The lowest BCUT2D eigenvalue weighted by atomic mass is 10.2. The molecule has 3 nitrogen and oxygen atoms in total. The van der Waals surface area contributed by atoms with Gasteiger partial charge >= 0.3 is 5.97 Å². The number of rotatable bonds is 1. The molecule has 2 aromatic rings. The average Bonchev–Trinajstić information content (AvgIpc) is 2.56. The highest BCUT2D eigenvalue weighted by atomic mass is 32.1. The highest BCUT2D eigenvalue weighted by molar-refractivity contribution is 7.80. The van der Waals surface area contributed by atoms with Gasteiger partial charge in [0.15, 0.2) is 0 Å². The summed E-state index contributed by atoms with van der Waals surface area (Å²) in [7, 11) is 0. The normalized spacial score (nSPS) is 10.6. The number of hydrogen-bond donors (Lipinski definition) is 3. The third-order valence-corrected chi connectivity index (χ3v) is 3.50. The minimum Gasteiger partial charge on any atom is -0.477 e. The van der Waals surface area contributed by atoms with Crippen LogP contribution in [0.2, 0.25) is 0 Å². The maximum atomic E-state index is 10.7. The standard InChI is InChI=1S/C9H7NO2S2/c10-5-1-2-6-4(8(5)13)3-7(14-6)9(11)12/h1-3,13H,10H2,(H,11,12). The van der Waals surface area contributed by atoms with Crippen LogP contribution >= 0.6 is 24.0 Å². The molecule has 5 heteroatoms. The Balaban J connectivity index is 2.77. The predicted octanol–water partition coefficient (Wildman–Crippen LogP) is 2.47. The van der Waals surface area contributed by atoms with Crippen molar-refractivity contribution in [2.75, 3.05) is 5.73 Å². The molecule has 1 aromatic carbocycles. The monoisotopic (exact) mass is 225 g/mol. The molecular weight excluding hydrogens is 218 g/mol. The van der Waals surface area contributed by atoms with Gasteiger partial charge in [0.25, 0.3) is 0 Å². The molecule has 2 rings (SSSR count). The van der Waals surface area contributed by atoms with Gasteiger partial charge in [-0.25, -0.2) is 4.79 Å². The molecule has 0 amide bonds. The van der Waals surface area contributed by atoms with E-state index in [0.717, 1.165) is 10.1 Å². The number of nitrogens with two attached hydrogens (primary N) is 1. The van der Waals surface area contributed by atoms with Crippen LogP contribution in [0.25, 0.3) is 10.1 Å². The van der Waals surface area contributed by atoms with Gasteiger partial charge in [0.1, 0.15) is 4.88 Å². The van der Waals surface area contributed by atoms with E-state index >= 15 is 0 Å². The molecule has 3 N–H and O–H groups in total. The average molecular weight is 225 g/mol. The van der Waals surface area contributed by atoms with Gasteiger partial charge in [0.2, 0.25) is 0 Å². The Hall–Kier alpha value is -1.20. The Morgan fingerprint density at radius 1 is 1.50 bits per heavy atom. The van der Waals surface area contributed by atoms with Crippen molar-refractivity contribution in [3.8, 4) is 0 Å². The number of aromatic carboxylic acids is 1. The van der Waals surface area contributed by atoms with E-state index in [-0.39, 0.29) is 0 Å². The number of fused-ring (bicyclic) bond motifs is 1. The molecule has 0 bridgehead atoms. The molecule has 0 saturated heterocycles. The second-order valence-corrected chi connectivity index (χ2v) is 4.36. The van der Waals surface area contributed by atoms with Gasteiger partial charge in [-0.3, -0.25) is 0 Å². The summed E-state index contributed by atoms with van der Waals surface area (Å²) in [5.41, 5.74) is 6.22. The van der Waals surface area contributed by atoms with E-state index < -0.39 is 5.97 Å². The smallest absolute Gasteiger partial charge is 0.345 e. The van der Waals surface area contributed by atoms with Crippen molar-refractivity contribution in [1.29, 1.82) is 0 Å². The highest BCUT2D eigenvalue weighted by Gasteiger charge is 2.10. The number of thiophene rings is 1. The molecule has 0 spiro atoms. The van der Waals surface area contributed by atoms with Crippen LogP contribution < -0.4 is 5.73 Å². The van der Waals surface area contributed by atoms with Crippen molar-refractivity contribution < 1.29 is 9.90 Å². The number of carboxylic acid groups (broad SMARTS) is 1. The van der Waals surface area contributed by atoms with Gasteiger partial charge in [0, 0.05) is 20.7 Å². The van der Waals surface area contributed by atoms with Crippen LogP contribution in [0.15, 0.2) is 23.1 Å². The topological polar surface area (TPSA) is 63.3 Å². The third kappa shape index (κ3) is 1.34. The highest BCUT2D eigenvalue weighted by Crippen LogP contribution is 2.33. The lowest BCUT2D eigenvalue weighted by Crippen LogP contribution is -1.89. The maximum absolute atomic E-state index is 10.7. The lowest BCUT2D eigenvalue weighted by Gasteiger charge is -1.98. The van der Waals surface area contributed by atoms with Gasteiger partial charge in [-0.15, -0.1) is 24.0 Å². The van der Waals surface area contributed by atoms with E-state index in [1.807, 2.05) is 6.07 Å². The number of carboxylic acids is 1. The minimum atomic E-state index is -0.919. The molecule has 72 valence electrons. The van der Waals surface area contributed by atoms with Crippen LogP contribution in [0, 0.1) is 0 Å². The SMILES string of the molecule is Nc1ccc2sc(C(=O)O)cc2c1S. The van der Waals surface area contributed by atoms with Crippen molar-refractivity contribution in [3.05, 3.63) is 23.1 Å². The zero-order chi connectivity index (χ0) is 10.3. The summed E-state index contributed by atoms with van der Waals surface area (Å²) < 4.78 is 0.890. The molecule has 0 saturated carbocycles. The maximum Gasteiger partial charge on any atom is 0.345 e. The number of hydrogen-bond acceptors (Lipinski definition) is 4. The molecule has 0 aliphatic heterocycles. The van der Waals surface area contributed by atoms with Gasteiger partial charge in [0.05, 0.1) is 0 Å². The van der Waals surface area contributed by atoms with Crippen LogP contribution in [-0.2, 0) is 0 Å². The number of nitrogen functional groups attached to an aromatic ring is 1. The minimum absolute atomic E-state index is 0.306. The Morgan fingerprint density at radius 2 is 2.21 bits per heavy atom. The lowest BCUT2D eigenvalue weighted by molar-refractivity contribution is 0.0702. The van der Waals surface area contributed by atoms with Crippen molar-refractivity contribution in [2.24, 2.45) is 0 Å². The molecule has 0 unspecified atom stereocenters. The Labute approximate surface area is 89.6 Å². The van der Waals surface area contributed by atoms with E-state index in [1.54, 1.807) is 12.1 Å². The van der Waals surface area contributed by atoms with E-state index in [1.165, 1.54) is 11.3 Å². The van der Waals surface area contributed by atoms with Crippen LogP contribution in [0.5, 0.6) is 0 Å².